The second kappa shape index (κ2) is 7.31. The molecule has 19 heavy (non-hydrogen) atoms. The van der Waals surface area contributed by atoms with E-state index in [2.05, 4.69) is 35.8 Å². The van der Waals surface area contributed by atoms with E-state index < -0.39 is 0 Å². The summed E-state index contributed by atoms with van der Waals surface area (Å²) in [5.74, 6) is -0.117. The average Bonchev–Trinajstić information content (AvgIpc) is 2.46. The smallest absolute Gasteiger partial charge is 0.126 e. The number of thioether (sulfide) groups is 1. The number of hydrogen-bond acceptors (Lipinski definition) is 2. The van der Waals surface area contributed by atoms with Crippen molar-refractivity contribution in [2.24, 2.45) is 0 Å². The van der Waals surface area contributed by atoms with Crippen LogP contribution in [0.3, 0.4) is 0 Å². The predicted molar refractivity (Wildman–Crippen MR) is 80.0 cm³/mol. The second-order valence-corrected chi connectivity index (χ2v) is 5.25. The molecule has 0 radical (unpaired) electrons. The first kappa shape index (κ1) is 14.1. The third kappa shape index (κ3) is 4.37. The third-order valence-corrected chi connectivity index (χ3v) is 3.76. The van der Waals surface area contributed by atoms with Crippen LogP contribution in [0.1, 0.15) is 11.1 Å². The summed E-state index contributed by atoms with van der Waals surface area (Å²) >= 11 is 1.74. The average molecular weight is 275 g/mol. The highest BCUT2D eigenvalue weighted by molar-refractivity contribution is 7.98. The monoisotopic (exact) mass is 275 g/mol. The molecule has 0 aliphatic carbocycles. The Morgan fingerprint density at radius 2 is 1.79 bits per heavy atom. The van der Waals surface area contributed by atoms with Crippen molar-refractivity contribution in [1.82, 2.24) is 5.32 Å². The van der Waals surface area contributed by atoms with Gasteiger partial charge in [0, 0.05) is 11.4 Å². The summed E-state index contributed by atoms with van der Waals surface area (Å²) < 4.78 is 13.4. The van der Waals surface area contributed by atoms with E-state index >= 15 is 0 Å². The molecule has 0 fully saturated rings. The normalized spacial score (nSPS) is 10.6. The third-order valence-electron chi connectivity index (χ3n) is 3.02. The molecule has 0 unspecified atom stereocenters. The summed E-state index contributed by atoms with van der Waals surface area (Å²) in [4.78, 5) is 1.27. The maximum atomic E-state index is 13.4. The molecule has 0 aliphatic rings. The molecular weight excluding hydrogens is 257 g/mol. The van der Waals surface area contributed by atoms with Gasteiger partial charge < -0.3 is 5.32 Å². The first-order valence-corrected chi connectivity index (χ1v) is 7.59. The molecule has 1 nitrogen and oxygen atoms in total. The molecular formula is C16H18FNS. The molecule has 0 saturated carbocycles. The van der Waals surface area contributed by atoms with Gasteiger partial charge in [-0.1, -0.05) is 30.3 Å². The minimum atomic E-state index is -0.117. The lowest BCUT2D eigenvalue weighted by atomic mass is 10.1. The zero-order valence-electron chi connectivity index (χ0n) is 11.0. The van der Waals surface area contributed by atoms with Gasteiger partial charge in [0.05, 0.1) is 0 Å². The van der Waals surface area contributed by atoms with Crippen molar-refractivity contribution in [3.63, 3.8) is 0 Å². The zero-order chi connectivity index (χ0) is 13.5. The van der Waals surface area contributed by atoms with Gasteiger partial charge in [0.25, 0.3) is 0 Å². The largest absolute Gasteiger partial charge is 0.312 e. The molecule has 1 N–H and O–H groups in total. The van der Waals surface area contributed by atoms with Crippen molar-refractivity contribution in [3.05, 3.63) is 65.5 Å². The van der Waals surface area contributed by atoms with Crippen LogP contribution >= 0.6 is 11.8 Å². The molecule has 0 saturated heterocycles. The molecule has 0 heterocycles. The van der Waals surface area contributed by atoms with E-state index in [1.54, 1.807) is 17.8 Å². The van der Waals surface area contributed by atoms with Crippen molar-refractivity contribution in [2.75, 3.05) is 12.8 Å². The van der Waals surface area contributed by atoms with Crippen LogP contribution in [0.4, 0.5) is 4.39 Å². The molecule has 0 atom stereocenters. The summed E-state index contributed by atoms with van der Waals surface area (Å²) in [5.41, 5.74) is 2.03. The van der Waals surface area contributed by atoms with Gasteiger partial charge in [-0.25, -0.2) is 4.39 Å². The van der Waals surface area contributed by atoms with Crippen LogP contribution in [0.25, 0.3) is 0 Å². The molecule has 0 bridgehead atoms. The van der Waals surface area contributed by atoms with Crippen molar-refractivity contribution < 1.29 is 4.39 Å². The van der Waals surface area contributed by atoms with Crippen molar-refractivity contribution in [2.45, 2.75) is 17.9 Å². The summed E-state index contributed by atoms with van der Waals surface area (Å²) in [6.07, 6.45) is 2.79. The standard InChI is InChI=1S/C16H18FNS/c1-19-15-8-6-13(7-9-15)12-18-11-10-14-4-2-3-5-16(14)17/h2-9,18H,10-12H2,1H3. The molecule has 2 rings (SSSR count). The van der Waals surface area contributed by atoms with Crippen LogP contribution in [0, 0.1) is 5.82 Å². The summed E-state index contributed by atoms with van der Waals surface area (Å²) in [7, 11) is 0. The number of rotatable bonds is 6. The van der Waals surface area contributed by atoms with E-state index in [1.165, 1.54) is 16.5 Å². The van der Waals surface area contributed by atoms with Crippen molar-refractivity contribution in [3.8, 4) is 0 Å². The molecule has 2 aromatic carbocycles. The van der Waals surface area contributed by atoms with E-state index in [0.717, 1.165) is 25.1 Å². The molecule has 0 spiro atoms. The lowest BCUT2D eigenvalue weighted by molar-refractivity contribution is 0.598. The Bertz CT molecular complexity index is 510. The Kier molecular flexibility index (Phi) is 5.43. The first-order valence-electron chi connectivity index (χ1n) is 6.36. The SMILES string of the molecule is CSc1ccc(CNCCc2ccccc2F)cc1. The van der Waals surface area contributed by atoms with E-state index in [9.17, 15) is 4.39 Å². The molecule has 100 valence electrons. The summed E-state index contributed by atoms with van der Waals surface area (Å²) in [6.45, 7) is 1.61. The van der Waals surface area contributed by atoms with Gasteiger partial charge in [-0.3, -0.25) is 0 Å². The number of benzene rings is 2. The van der Waals surface area contributed by atoms with Gasteiger partial charge in [-0.15, -0.1) is 11.8 Å². The second-order valence-electron chi connectivity index (χ2n) is 4.37. The summed E-state index contributed by atoms with van der Waals surface area (Å²) in [5, 5.41) is 3.34. The predicted octanol–water partition coefficient (Wildman–Crippen LogP) is 3.88. The number of nitrogens with one attached hydrogen (secondary N) is 1. The van der Waals surface area contributed by atoms with E-state index in [1.807, 2.05) is 12.1 Å². The minimum absolute atomic E-state index is 0.117. The fourth-order valence-electron chi connectivity index (χ4n) is 1.90. The quantitative estimate of drug-likeness (QED) is 0.634. The van der Waals surface area contributed by atoms with E-state index in [4.69, 9.17) is 0 Å². The highest BCUT2D eigenvalue weighted by Gasteiger charge is 2.00. The fraction of sp³-hybridized carbons (Fsp3) is 0.250. The Morgan fingerprint density at radius 3 is 2.47 bits per heavy atom. The fourth-order valence-corrected chi connectivity index (χ4v) is 2.31. The van der Waals surface area contributed by atoms with E-state index in [-0.39, 0.29) is 5.82 Å². The Hall–Kier alpha value is -1.32. The van der Waals surface area contributed by atoms with Gasteiger partial charge in [0.15, 0.2) is 0 Å². The van der Waals surface area contributed by atoms with Crippen LogP contribution in [0.2, 0.25) is 0 Å². The van der Waals surface area contributed by atoms with Gasteiger partial charge in [0.1, 0.15) is 5.82 Å². The minimum Gasteiger partial charge on any atom is -0.312 e. The molecule has 2 aromatic rings. The van der Waals surface area contributed by atoms with Gasteiger partial charge in [-0.2, -0.15) is 0 Å². The summed E-state index contributed by atoms with van der Waals surface area (Å²) in [6, 6.07) is 15.4. The van der Waals surface area contributed by atoms with Crippen LogP contribution in [-0.4, -0.2) is 12.8 Å². The van der Waals surface area contributed by atoms with Crippen LogP contribution in [0.5, 0.6) is 0 Å². The number of hydrogen-bond donors (Lipinski definition) is 1. The van der Waals surface area contributed by atoms with Crippen LogP contribution in [0.15, 0.2) is 53.4 Å². The lowest BCUT2D eigenvalue weighted by Gasteiger charge is -2.06. The molecule has 0 amide bonds. The van der Waals surface area contributed by atoms with Gasteiger partial charge in [0.2, 0.25) is 0 Å². The van der Waals surface area contributed by atoms with Crippen LogP contribution < -0.4 is 5.32 Å². The molecule has 3 heteroatoms. The maximum Gasteiger partial charge on any atom is 0.126 e. The lowest BCUT2D eigenvalue weighted by Crippen LogP contribution is -2.17. The Labute approximate surface area is 118 Å². The molecule has 0 aliphatic heterocycles. The van der Waals surface area contributed by atoms with Gasteiger partial charge in [-0.05, 0) is 48.5 Å². The van der Waals surface area contributed by atoms with Gasteiger partial charge >= 0.3 is 0 Å². The highest BCUT2D eigenvalue weighted by Crippen LogP contribution is 2.14. The number of halogens is 1. The molecule has 0 aromatic heterocycles. The maximum absolute atomic E-state index is 13.4. The Balaban J connectivity index is 1.76. The van der Waals surface area contributed by atoms with Crippen molar-refractivity contribution >= 4 is 11.8 Å². The Morgan fingerprint density at radius 1 is 1.05 bits per heavy atom. The topological polar surface area (TPSA) is 12.0 Å². The zero-order valence-corrected chi connectivity index (χ0v) is 11.8. The van der Waals surface area contributed by atoms with Crippen LogP contribution in [-0.2, 0) is 13.0 Å². The van der Waals surface area contributed by atoms with E-state index in [0.29, 0.717) is 0 Å². The first-order chi connectivity index (χ1) is 9.29. The van der Waals surface area contributed by atoms with Crippen molar-refractivity contribution in [1.29, 1.82) is 0 Å². The highest BCUT2D eigenvalue weighted by atomic mass is 32.2.